The molecule has 1 fully saturated rings. The van der Waals surface area contributed by atoms with Crippen molar-refractivity contribution >= 4 is 21.8 Å². The van der Waals surface area contributed by atoms with Crippen LogP contribution in [0.4, 0.5) is 0 Å². The average molecular weight is 315 g/mol. The summed E-state index contributed by atoms with van der Waals surface area (Å²) in [5, 5.41) is 7.23. The second-order valence-corrected chi connectivity index (χ2v) is 5.73. The van der Waals surface area contributed by atoms with Crippen molar-refractivity contribution in [3.05, 3.63) is 16.9 Å². The molecule has 18 heavy (non-hydrogen) atoms. The Balaban J connectivity index is 1.69. The topological polar surface area (TPSA) is 50.2 Å². The van der Waals surface area contributed by atoms with Crippen LogP contribution in [-0.4, -0.2) is 46.8 Å². The van der Waals surface area contributed by atoms with E-state index in [-0.39, 0.29) is 5.91 Å². The van der Waals surface area contributed by atoms with Crippen molar-refractivity contribution in [2.24, 2.45) is 0 Å². The molecule has 100 valence electrons. The van der Waals surface area contributed by atoms with Gasteiger partial charge in [-0.2, -0.15) is 5.10 Å². The van der Waals surface area contributed by atoms with Gasteiger partial charge in [0.2, 0.25) is 5.91 Å². The molecule has 1 amide bonds. The van der Waals surface area contributed by atoms with Crippen LogP contribution in [0, 0.1) is 0 Å². The molecule has 1 aliphatic rings. The van der Waals surface area contributed by atoms with Gasteiger partial charge in [0.15, 0.2) is 0 Å². The van der Waals surface area contributed by atoms with E-state index in [1.54, 1.807) is 10.9 Å². The highest BCUT2D eigenvalue weighted by Crippen LogP contribution is 2.09. The third kappa shape index (κ3) is 4.10. The second-order valence-electron chi connectivity index (χ2n) is 4.82. The Morgan fingerprint density at radius 3 is 2.89 bits per heavy atom. The molecule has 0 atom stereocenters. The summed E-state index contributed by atoms with van der Waals surface area (Å²) in [6.45, 7) is 2.76. The molecule has 0 radical (unpaired) electrons. The summed E-state index contributed by atoms with van der Waals surface area (Å²) >= 11 is 3.34. The fourth-order valence-electron chi connectivity index (χ4n) is 2.13. The molecule has 6 heteroatoms. The Bertz CT molecular complexity index is 399. The van der Waals surface area contributed by atoms with Crippen molar-refractivity contribution in [3.63, 3.8) is 0 Å². The van der Waals surface area contributed by atoms with E-state index in [4.69, 9.17) is 0 Å². The molecular weight excluding hydrogens is 296 g/mol. The summed E-state index contributed by atoms with van der Waals surface area (Å²) in [7, 11) is 2.12. The number of rotatable bonds is 4. The number of piperidine rings is 1. The molecule has 1 aliphatic heterocycles. The van der Waals surface area contributed by atoms with Gasteiger partial charge in [0.05, 0.1) is 10.7 Å². The minimum atomic E-state index is 0.121. The first-order valence-electron chi connectivity index (χ1n) is 6.29. The van der Waals surface area contributed by atoms with Crippen LogP contribution in [0.2, 0.25) is 0 Å². The van der Waals surface area contributed by atoms with E-state index < -0.39 is 0 Å². The van der Waals surface area contributed by atoms with Crippen molar-refractivity contribution in [3.8, 4) is 0 Å². The lowest BCUT2D eigenvalue weighted by atomic mass is 10.1. The number of nitrogens with zero attached hydrogens (tertiary/aromatic N) is 3. The van der Waals surface area contributed by atoms with E-state index in [0.29, 0.717) is 19.0 Å². The molecule has 0 aliphatic carbocycles. The number of hydrogen-bond acceptors (Lipinski definition) is 3. The highest BCUT2D eigenvalue weighted by molar-refractivity contribution is 9.10. The van der Waals surface area contributed by atoms with Crippen LogP contribution in [-0.2, 0) is 11.3 Å². The molecule has 1 aromatic rings. The van der Waals surface area contributed by atoms with E-state index in [0.717, 1.165) is 30.4 Å². The molecule has 5 nitrogen and oxygen atoms in total. The first-order chi connectivity index (χ1) is 8.63. The van der Waals surface area contributed by atoms with E-state index >= 15 is 0 Å². The predicted octanol–water partition coefficient (Wildman–Crippen LogP) is 1.25. The summed E-state index contributed by atoms with van der Waals surface area (Å²) in [5.74, 6) is 0.121. The van der Waals surface area contributed by atoms with Crippen LogP contribution < -0.4 is 5.32 Å². The average Bonchev–Trinajstić information content (AvgIpc) is 2.76. The van der Waals surface area contributed by atoms with Crippen molar-refractivity contribution in [1.82, 2.24) is 20.0 Å². The summed E-state index contributed by atoms with van der Waals surface area (Å²) in [6.07, 6.45) is 6.20. The number of carbonyl (C=O) groups excluding carboxylic acids is 1. The Kier molecular flexibility index (Phi) is 4.77. The number of hydrogen-bond donors (Lipinski definition) is 1. The Morgan fingerprint density at radius 1 is 1.56 bits per heavy atom. The zero-order chi connectivity index (χ0) is 13.0. The molecule has 1 saturated heterocycles. The lowest BCUT2D eigenvalue weighted by molar-refractivity contribution is -0.122. The number of halogens is 1. The highest BCUT2D eigenvalue weighted by atomic mass is 79.9. The van der Waals surface area contributed by atoms with Crippen LogP contribution in [0.5, 0.6) is 0 Å². The smallest absolute Gasteiger partial charge is 0.222 e. The zero-order valence-electron chi connectivity index (χ0n) is 10.6. The predicted molar refractivity (Wildman–Crippen MR) is 73.2 cm³/mol. The van der Waals surface area contributed by atoms with E-state index in [1.165, 1.54) is 0 Å². The largest absolute Gasteiger partial charge is 0.353 e. The molecule has 0 aromatic carbocycles. The number of aromatic nitrogens is 2. The first-order valence-corrected chi connectivity index (χ1v) is 7.08. The Labute approximate surface area is 116 Å². The Hall–Kier alpha value is -0.880. The molecule has 0 saturated carbocycles. The number of carbonyl (C=O) groups is 1. The van der Waals surface area contributed by atoms with Gasteiger partial charge in [-0.05, 0) is 48.9 Å². The lowest BCUT2D eigenvalue weighted by Gasteiger charge is -2.29. The Morgan fingerprint density at radius 2 is 2.28 bits per heavy atom. The maximum absolute atomic E-state index is 11.8. The van der Waals surface area contributed by atoms with Crippen molar-refractivity contribution in [1.29, 1.82) is 0 Å². The van der Waals surface area contributed by atoms with Crippen LogP contribution in [0.15, 0.2) is 16.9 Å². The summed E-state index contributed by atoms with van der Waals surface area (Å²) < 4.78 is 2.72. The maximum Gasteiger partial charge on any atom is 0.222 e. The minimum absolute atomic E-state index is 0.121. The molecular formula is C12H19BrN4O. The van der Waals surface area contributed by atoms with Gasteiger partial charge in [0.1, 0.15) is 0 Å². The van der Waals surface area contributed by atoms with Gasteiger partial charge in [0.25, 0.3) is 0 Å². The number of aryl methyl sites for hydroxylation is 1. The van der Waals surface area contributed by atoms with Gasteiger partial charge in [0, 0.05) is 25.2 Å². The summed E-state index contributed by atoms with van der Waals surface area (Å²) in [6, 6.07) is 0.345. The molecule has 1 aromatic heterocycles. The van der Waals surface area contributed by atoms with E-state index in [9.17, 15) is 4.79 Å². The SMILES string of the molecule is CN1CCC(NC(=O)CCn2cc(Br)cn2)CC1. The monoisotopic (exact) mass is 314 g/mol. The molecule has 2 heterocycles. The molecule has 1 N–H and O–H groups in total. The molecule has 0 bridgehead atoms. The van der Waals surface area contributed by atoms with Crippen LogP contribution >= 0.6 is 15.9 Å². The van der Waals surface area contributed by atoms with Gasteiger partial charge in [-0.1, -0.05) is 0 Å². The fraction of sp³-hybridized carbons (Fsp3) is 0.667. The van der Waals surface area contributed by atoms with Crippen molar-refractivity contribution < 1.29 is 4.79 Å². The fourth-order valence-corrected chi connectivity index (χ4v) is 2.46. The van der Waals surface area contributed by atoms with Gasteiger partial charge in [-0.25, -0.2) is 0 Å². The maximum atomic E-state index is 11.8. The van der Waals surface area contributed by atoms with E-state index in [2.05, 4.69) is 38.3 Å². The standard InChI is InChI=1S/C12H19BrN4O/c1-16-5-2-11(3-6-16)15-12(18)4-7-17-9-10(13)8-14-17/h8-9,11H,2-7H2,1H3,(H,15,18). The van der Waals surface area contributed by atoms with Crippen molar-refractivity contribution in [2.45, 2.75) is 31.8 Å². The molecule has 0 unspecified atom stereocenters. The van der Waals surface area contributed by atoms with Crippen molar-refractivity contribution in [2.75, 3.05) is 20.1 Å². The second kappa shape index (κ2) is 6.33. The number of likely N-dealkylation sites (tertiary alicyclic amines) is 1. The normalized spacial score (nSPS) is 17.9. The van der Waals surface area contributed by atoms with Gasteiger partial charge < -0.3 is 10.2 Å². The quantitative estimate of drug-likeness (QED) is 0.910. The summed E-state index contributed by atoms with van der Waals surface area (Å²) in [5.41, 5.74) is 0. The first kappa shape index (κ1) is 13.5. The van der Waals surface area contributed by atoms with Gasteiger partial charge in [-0.3, -0.25) is 9.48 Å². The van der Waals surface area contributed by atoms with E-state index in [1.807, 2.05) is 6.20 Å². The van der Waals surface area contributed by atoms with Crippen LogP contribution in [0.25, 0.3) is 0 Å². The van der Waals surface area contributed by atoms with Gasteiger partial charge in [-0.15, -0.1) is 0 Å². The third-order valence-electron chi connectivity index (χ3n) is 3.25. The van der Waals surface area contributed by atoms with Gasteiger partial charge >= 0.3 is 0 Å². The highest BCUT2D eigenvalue weighted by Gasteiger charge is 2.18. The summed E-state index contributed by atoms with van der Waals surface area (Å²) in [4.78, 5) is 14.1. The molecule has 0 spiro atoms. The minimum Gasteiger partial charge on any atom is -0.353 e. The molecule has 2 rings (SSSR count). The lowest BCUT2D eigenvalue weighted by Crippen LogP contribution is -2.43. The van der Waals surface area contributed by atoms with Crippen LogP contribution in [0.3, 0.4) is 0 Å². The number of nitrogens with one attached hydrogen (secondary N) is 1. The van der Waals surface area contributed by atoms with Crippen LogP contribution in [0.1, 0.15) is 19.3 Å². The zero-order valence-corrected chi connectivity index (χ0v) is 12.2. The third-order valence-corrected chi connectivity index (χ3v) is 3.66. The number of amides is 1.